The van der Waals surface area contributed by atoms with Gasteiger partial charge in [-0.15, -0.1) is 12.4 Å². The number of anilines is 1. The van der Waals surface area contributed by atoms with Crippen LogP contribution in [0.5, 0.6) is 0 Å². The number of rotatable bonds is 4. The van der Waals surface area contributed by atoms with Crippen molar-refractivity contribution in [2.75, 3.05) is 18.4 Å². The van der Waals surface area contributed by atoms with Gasteiger partial charge in [-0.2, -0.15) is 0 Å². The smallest absolute Gasteiger partial charge is 0.225 e. The molecular formula is C15H22Cl2N2O. The van der Waals surface area contributed by atoms with E-state index in [4.69, 9.17) is 11.6 Å². The van der Waals surface area contributed by atoms with Gasteiger partial charge in [-0.3, -0.25) is 4.79 Å². The molecule has 0 saturated carbocycles. The first-order valence-corrected chi connectivity index (χ1v) is 7.24. The minimum atomic E-state index is 0. The molecule has 1 amide bonds. The van der Waals surface area contributed by atoms with Crippen molar-refractivity contribution < 1.29 is 4.79 Å². The van der Waals surface area contributed by atoms with Crippen LogP contribution in [-0.2, 0) is 4.79 Å². The van der Waals surface area contributed by atoms with E-state index >= 15 is 0 Å². The number of benzene rings is 1. The second-order valence-electron chi connectivity index (χ2n) is 5.28. The van der Waals surface area contributed by atoms with Crippen molar-refractivity contribution in [3.63, 3.8) is 0 Å². The van der Waals surface area contributed by atoms with Gasteiger partial charge in [-0.1, -0.05) is 23.7 Å². The molecule has 1 aliphatic heterocycles. The second-order valence-corrected chi connectivity index (χ2v) is 5.68. The van der Waals surface area contributed by atoms with Gasteiger partial charge in [0, 0.05) is 12.5 Å². The number of hydrogen-bond donors (Lipinski definition) is 1. The molecular weight excluding hydrogens is 295 g/mol. The Hall–Kier alpha value is -0.770. The van der Waals surface area contributed by atoms with E-state index in [0.29, 0.717) is 17.5 Å². The molecule has 1 aromatic rings. The van der Waals surface area contributed by atoms with Gasteiger partial charge in [-0.05, 0) is 51.4 Å². The van der Waals surface area contributed by atoms with Gasteiger partial charge in [0.1, 0.15) is 0 Å². The Labute approximate surface area is 132 Å². The van der Waals surface area contributed by atoms with Crippen LogP contribution in [0.15, 0.2) is 18.2 Å². The van der Waals surface area contributed by atoms with E-state index < -0.39 is 0 Å². The number of carbonyl (C=O) groups excluding carboxylic acids is 1. The van der Waals surface area contributed by atoms with E-state index in [1.54, 1.807) is 6.07 Å². The zero-order valence-corrected chi connectivity index (χ0v) is 13.6. The number of amides is 1. The lowest BCUT2D eigenvalue weighted by atomic mass is 10.1. The first-order valence-electron chi connectivity index (χ1n) is 6.87. The summed E-state index contributed by atoms with van der Waals surface area (Å²) in [5, 5.41) is 3.53. The molecule has 0 radical (unpaired) electrons. The minimum absolute atomic E-state index is 0. The summed E-state index contributed by atoms with van der Waals surface area (Å²) in [5.41, 5.74) is 1.73. The lowest BCUT2D eigenvalue weighted by Crippen LogP contribution is -2.33. The highest BCUT2D eigenvalue weighted by Gasteiger charge is 2.20. The fourth-order valence-electron chi connectivity index (χ4n) is 2.56. The molecule has 112 valence electrons. The summed E-state index contributed by atoms with van der Waals surface area (Å²) < 4.78 is 0. The van der Waals surface area contributed by atoms with Crippen molar-refractivity contribution in [3.8, 4) is 0 Å². The number of aryl methyl sites for hydroxylation is 1. The van der Waals surface area contributed by atoms with Crippen LogP contribution in [0, 0.1) is 6.92 Å². The van der Waals surface area contributed by atoms with Gasteiger partial charge < -0.3 is 10.2 Å². The van der Waals surface area contributed by atoms with Crippen LogP contribution in [0.3, 0.4) is 0 Å². The molecule has 1 aliphatic rings. The van der Waals surface area contributed by atoms with Crippen molar-refractivity contribution in [1.82, 2.24) is 4.90 Å². The standard InChI is InChI=1S/C15H21ClN2O.ClH/c1-11-6-5-7-13(16)15(11)17-14(19)10-12(2)18-8-3-4-9-18;/h5-7,12H,3-4,8-10H2,1-2H3,(H,17,19);1H. The van der Waals surface area contributed by atoms with Crippen LogP contribution in [0.2, 0.25) is 5.02 Å². The normalized spacial score (nSPS) is 16.6. The third kappa shape index (κ3) is 4.37. The SMILES string of the molecule is Cc1cccc(Cl)c1NC(=O)CC(C)N1CCCC1.Cl. The molecule has 1 fully saturated rings. The second kappa shape index (κ2) is 7.87. The third-order valence-electron chi connectivity index (χ3n) is 3.73. The summed E-state index contributed by atoms with van der Waals surface area (Å²) in [6.07, 6.45) is 3.01. The Morgan fingerprint density at radius 3 is 2.65 bits per heavy atom. The molecule has 1 aromatic carbocycles. The molecule has 1 heterocycles. The first-order chi connectivity index (χ1) is 9.08. The van der Waals surface area contributed by atoms with E-state index in [9.17, 15) is 4.79 Å². The van der Waals surface area contributed by atoms with Gasteiger partial charge in [0.25, 0.3) is 0 Å². The quantitative estimate of drug-likeness (QED) is 0.914. The number of halogens is 2. The number of carbonyl (C=O) groups is 1. The predicted octanol–water partition coefficient (Wildman–Crippen LogP) is 3.88. The maximum atomic E-state index is 12.1. The average molecular weight is 317 g/mol. The van der Waals surface area contributed by atoms with E-state index in [0.717, 1.165) is 24.3 Å². The number of para-hydroxylation sites is 1. The molecule has 1 saturated heterocycles. The van der Waals surface area contributed by atoms with Crippen molar-refractivity contribution in [1.29, 1.82) is 0 Å². The third-order valence-corrected chi connectivity index (χ3v) is 4.05. The molecule has 0 aliphatic carbocycles. The van der Waals surface area contributed by atoms with Crippen LogP contribution in [0.4, 0.5) is 5.69 Å². The summed E-state index contributed by atoms with van der Waals surface area (Å²) in [4.78, 5) is 14.5. The summed E-state index contributed by atoms with van der Waals surface area (Å²) in [6, 6.07) is 5.94. The number of nitrogens with zero attached hydrogens (tertiary/aromatic N) is 1. The zero-order valence-electron chi connectivity index (χ0n) is 12.0. The summed E-state index contributed by atoms with van der Waals surface area (Å²) >= 11 is 6.11. The molecule has 3 nitrogen and oxygen atoms in total. The molecule has 1 N–H and O–H groups in total. The molecule has 0 spiro atoms. The minimum Gasteiger partial charge on any atom is -0.325 e. The van der Waals surface area contributed by atoms with Crippen LogP contribution in [0.1, 0.15) is 31.7 Å². The Kier molecular flexibility index (Phi) is 6.80. The van der Waals surface area contributed by atoms with Crippen molar-refractivity contribution in [2.24, 2.45) is 0 Å². The lowest BCUT2D eigenvalue weighted by molar-refractivity contribution is -0.117. The highest BCUT2D eigenvalue weighted by Crippen LogP contribution is 2.25. The zero-order chi connectivity index (χ0) is 13.8. The van der Waals surface area contributed by atoms with Gasteiger partial charge in [0.2, 0.25) is 5.91 Å². The van der Waals surface area contributed by atoms with Gasteiger partial charge in [0.15, 0.2) is 0 Å². The Morgan fingerprint density at radius 2 is 2.05 bits per heavy atom. The molecule has 5 heteroatoms. The maximum Gasteiger partial charge on any atom is 0.225 e. The fraction of sp³-hybridized carbons (Fsp3) is 0.533. The number of likely N-dealkylation sites (tertiary alicyclic amines) is 1. The summed E-state index contributed by atoms with van der Waals surface area (Å²) in [7, 11) is 0. The van der Waals surface area contributed by atoms with E-state index in [-0.39, 0.29) is 18.3 Å². The largest absolute Gasteiger partial charge is 0.325 e. The van der Waals surface area contributed by atoms with Crippen molar-refractivity contribution in [2.45, 2.75) is 39.2 Å². The van der Waals surface area contributed by atoms with Crippen molar-refractivity contribution >= 4 is 35.6 Å². The van der Waals surface area contributed by atoms with Crippen LogP contribution in [-0.4, -0.2) is 29.9 Å². The Morgan fingerprint density at radius 1 is 1.40 bits per heavy atom. The summed E-state index contributed by atoms with van der Waals surface area (Å²) in [6.45, 7) is 6.29. The van der Waals surface area contributed by atoms with E-state index in [2.05, 4.69) is 17.1 Å². The van der Waals surface area contributed by atoms with Crippen LogP contribution in [0.25, 0.3) is 0 Å². The summed E-state index contributed by atoms with van der Waals surface area (Å²) in [5.74, 6) is 0.0376. The molecule has 0 bridgehead atoms. The van der Waals surface area contributed by atoms with Crippen LogP contribution >= 0.6 is 24.0 Å². The highest BCUT2D eigenvalue weighted by atomic mass is 35.5. The Bertz CT molecular complexity index is 439. The maximum absolute atomic E-state index is 12.1. The molecule has 20 heavy (non-hydrogen) atoms. The molecule has 1 atom stereocenters. The fourth-order valence-corrected chi connectivity index (χ4v) is 2.83. The average Bonchev–Trinajstić information content (AvgIpc) is 2.88. The Balaban J connectivity index is 0.00000200. The van der Waals surface area contributed by atoms with Gasteiger partial charge in [0.05, 0.1) is 10.7 Å². The van der Waals surface area contributed by atoms with Gasteiger partial charge >= 0.3 is 0 Å². The topological polar surface area (TPSA) is 32.3 Å². The number of nitrogens with one attached hydrogen (secondary N) is 1. The monoisotopic (exact) mass is 316 g/mol. The lowest BCUT2D eigenvalue weighted by Gasteiger charge is -2.23. The number of hydrogen-bond acceptors (Lipinski definition) is 2. The first kappa shape index (κ1) is 17.3. The predicted molar refractivity (Wildman–Crippen MR) is 87.0 cm³/mol. The molecule has 0 aromatic heterocycles. The van der Waals surface area contributed by atoms with Gasteiger partial charge in [-0.25, -0.2) is 0 Å². The highest BCUT2D eigenvalue weighted by molar-refractivity contribution is 6.33. The van der Waals surface area contributed by atoms with Crippen molar-refractivity contribution in [3.05, 3.63) is 28.8 Å². The van der Waals surface area contributed by atoms with Crippen LogP contribution < -0.4 is 5.32 Å². The van der Waals surface area contributed by atoms with E-state index in [1.807, 2.05) is 19.1 Å². The molecule has 2 rings (SSSR count). The molecule has 1 unspecified atom stereocenters. The van der Waals surface area contributed by atoms with E-state index in [1.165, 1.54) is 12.8 Å².